The fourth-order valence-electron chi connectivity index (χ4n) is 3.97. The normalized spacial score (nSPS) is 17.8. The van der Waals surface area contributed by atoms with Crippen molar-refractivity contribution in [1.82, 2.24) is 4.98 Å². The Balaban J connectivity index is 1.51. The summed E-state index contributed by atoms with van der Waals surface area (Å²) in [6.07, 6.45) is -0.771. The first kappa shape index (κ1) is 19.9. The van der Waals surface area contributed by atoms with E-state index < -0.39 is 18.0 Å². The Morgan fingerprint density at radius 2 is 1.56 bits per heavy atom. The average Bonchev–Trinajstić information content (AvgIpc) is 3.15. The van der Waals surface area contributed by atoms with Crippen molar-refractivity contribution in [3.05, 3.63) is 90.5 Å². The van der Waals surface area contributed by atoms with E-state index in [0.717, 1.165) is 16.7 Å². The van der Waals surface area contributed by atoms with Gasteiger partial charge in [0.2, 0.25) is 6.10 Å². The van der Waals surface area contributed by atoms with Crippen LogP contribution in [0.15, 0.2) is 84.9 Å². The molecule has 158 valence electrons. The van der Waals surface area contributed by atoms with Crippen molar-refractivity contribution in [2.75, 3.05) is 0 Å². The molecular formula is C27H21NO4. The minimum Gasteiger partial charge on any atom is -0.460 e. The zero-order chi connectivity index (χ0) is 22.1. The van der Waals surface area contributed by atoms with Gasteiger partial charge < -0.3 is 9.47 Å². The molecule has 0 N–H and O–H groups in total. The highest BCUT2D eigenvalue weighted by atomic mass is 16.6. The van der Waals surface area contributed by atoms with E-state index in [1.165, 1.54) is 0 Å². The number of fused-ring (bicyclic) bond motifs is 1. The van der Waals surface area contributed by atoms with Gasteiger partial charge in [-0.2, -0.15) is 0 Å². The van der Waals surface area contributed by atoms with Crippen LogP contribution in [0.25, 0.3) is 33.3 Å². The van der Waals surface area contributed by atoms with E-state index in [-0.39, 0.29) is 6.10 Å². The molecule has 32 heavy (non-hydrogen) atoms. The number of cyclic esters (lactones) is 1. The van der Waals surface area contributed by atoms with Gasteiger partial charge in [0.25, 0.3) is 0 Å². The zero-order valence-electron chi connectivity index (χ0n) is 17.5. The fourth-order valence-corrected chi connectivity index (χ4v) is 3.97. The predicted octanol–water partition coefficient (Wildman–Crippen LogP) is 5.43. The third kappa shape index (κ3) is 3.85. The molecule has 1 fully saturated rings. The SMILES string of the molecule is C[C@@H]1C[C@@H](OC(=O)c2cc(-c3ccc(-c4ccccc4)cc3)nc3ccccc23)C(=O)O1. The molecular weight excluding hydrogens is 402 g/mol. The van der Waals surface area contributed by atoms with E-state index in [9.17, 15) is 9.59 Å². The van der Waals surface area contributed by atoms with Gasteiger partial charge in [0.15, 0.2) is 0 Å². The number of ether oxygens (including phenoxy) is 2. The molecule has 1 aliphatic rings. The van der Waals surface area contributed by atoms with E-state index in [2.05, 4.69) is 12.1 Å². The van der Waals surface area contributed by atoms with Crippen LogP contribution in [0.4, 0.5) is 0 Å². The molecule has 0 unspecified atom stereocenters. The number of benzene rings is 3. The third-order valence-corrected chi connectivity index (χ3v) is 5.60. The molecule has 1 aliphatic heterocycles. The van der Waals surface area contributed by atoms with Crippen molar-refractivity contribution in [2.45, 2.75) is 25.6 Å². The summed E-state index contributed by atoms with van der Waals surface area (Å²) in [4.78, 5) is 29.7. The van der Waals surface area contributed by atoms with Crippen molar-refractivity contribution in [1.29, 1.82) is 0 Å². The summed E-state index contributed by atoms with van der Waals surface area (Å²) in [6.45, 7) is 1.78. The molecule has 0 spiro atoms. The molecule has 1 saturated heterocycles. The largest absolute Gasteiger partial charge is 0.460 e. The molecule has 0 radical (unpaired) electrons. The topological polar surface area (TPSA) is 65.5 Å². The first-order valence-corrected chi connectivity index (χ1v) is 10.6. The number of hydrogen-bond acceptors (Lipinski definition) is 5. The van der Waals surface area contributed by atoms with Crippen LogP contribution in [0, 0.1) is 0 Å². The predicted molar refractivity (Wildman–Crippen MR) is 122 cm³/mol. The van der Waals surface area contributed by atoms with Crippen LogP contribution in [-0.4, -0.2) is 29.1 Å². The number of aromatic nitrogens is 1. The summed E-state index contributed by atoms with van der Waals surface area (Å²) in [5, 5.41) is 0.682. The molecule has 4 aromatic rings. The van der Waals surface area contributed by atoms with Crippen molar-refractivity contribution in [2.24, 2.45) is 0 Å². The lowest BCUT2D eigenvalue weighted by Crippen LogP contribution is -2.23. The second-order valence-corrected chi connectivity index (χ2v) is 7.89. The average molecular weight is 423 g/mol. The fraction of sp³-hybridized carbons (Fsp3) is 0.148. The van der Waals surface area contributed by atoms with E-state index in [1.54, 1.807) is 13.0 Å². The first-order chi connectivity index (χ1) is 15.6. The summed E-state index contributed by atoms with van der Waals surface area (Å²) in [5.41, 5.74) is 4.85. The van der Waals surface area contributed by atoms with Crippen LogP contribution in [0.5, 0.6) is 0 Å². The Hall–Kier alpha value is -3.99. The second kappa shape index (κ2) is 8.27. The Morgan fingerprint density at radius 3 is 2.28 bits per heavy atom. The summed E-state index contributed by atoms with van der Waals surface area (Å²) >= 11 is 0. The van der Waals surface area contributed by atoms with Crippen LogP contribution < -0.4 is 0 Å². The maximum absolute atomic E-state index is 13.0. The highest BCUT2D eigenvalue weighted by Gasteiger charge is 2.35. The lowest BCUT2D eigenvalue weighted by molar-refractivity contribution is -0.147. The Kier molecular flexibility index (Phi) is 5.15. The van der Waals surface area contributed by atoms with Crippen LogP contribution in [0.1, 0.15) is 23.7 Å². The van der Waals surface area contributed by atoms with Crippen molar-refractivity contribution in [3.8, 4) is 22.4 Å². The molecule has 0 bridgehead atoms. The maximum Gasteiger partial charge on any atom is 0.347 e. The van der Waals surface area contributed by atoms with Gasteiger partial charge in [-0.05, 0) is 30.2 Å². The molecule has 2 atom stereocenters. The van der Waals surface area contributed by atoms with Crippen LogP contribution in [-0.2, 0) is 14.3 Å². The minimum atomic E-state index is -0.877. The molecule has 0 saturated carbocycles. The zero-order valence-corrected chi connectivity index (χ0v) is 17.5. The molecule has 2 heterocycles. The van der Waals surface area contributed by atoms with Gasteiger partial charge in [0.1, 0.15) is 6.10 Å². The Bertz CT molecular complexity index is 1300. The lowest BCUT2D eigenvalue weighted by Gasteiger charge is -2.12. The summed E-state index contributed by atoms with van der Waals surface area (Å²) in [6, 6.07) is 27.3. The first-order valence-electron chi connectivity index (χ1n) is 10.6. The van der Waals surface area contributed by atoms with E-state index in [4.69, 9.17) is 14.5 Å². The second-order valence-electron chi connectivity index (χ2n) is 7.89. The molecule has 1 aromatic heterocycles. The van der Waals surface area contributed by atoms with Crippen LogP contribution in [0.3, 0.4) is 0 Å². The highest BCUT2D eigenvalue weighted by molar-refractivity contribution is 6.05. The summed E-state index contributed by atoms with van der Waals surface area (Å²) < 4.78 is 10.6. The van der Waals surface area contributed by atoms with Gasteiger partial charge in [-0.15, -0.1) is 0 Å². The number of carbonyl (C=O) groups excluding carboxylic acids is 2. The smallest absolute Gasteiger partial charge is 0.347 e. The minimum absolute atomic E-state index is 0.256. The maximum atomic E-state index is 13.0. The lowest BCUT2D eigenvalue weighted by atomic mass is 10.0. The molecule has 0 amide bonds. The van der Waals surface area contributed by atoms with E-state index in [0.29, 0.717) is 28.6 Å². The molecule has 5 rings (SSSR count). The van der Waals surface area contributed by atoms with Gasteiger partial charge in [0, 0.05) is 17.4 Å². The molecule has 5 heteroatoms. The van der Waals surface area contributed by atoms with Gasteiger partial charge in [-0.3, -0.25) is 0 Å². The summed E-state index contributed by atoms with van der Waals surface area (Å²) in [5.74, 6) is -1.05. The molecule has 5 nitrogen and oxygen atoms in total. The summed E-state index contributed by atoms with van der Waals surface area (Å²) in [7, 11) is 0. The monoisotopic (exact) mass is 423 g/mol. The van der Waals surface area contributed by atoms with Crippen molar-refractivity contribution in [3.63, 3.8) is 0 Å². The number of para-hydroxylation sites is 1. The quantitative estimate of drug-likeness (QED) is 0.410. The Labute approximate surface area is 185 Å². The van der Waals surface area contributed by atoms with E-state index >= 15 is 0 Å². The molecule has 3 aromatic carbocycles. The van der Waals surface area contributed by atoms with Gasteiger partial charge in [0.05, 0.1) is 16.8 Å². The number of esters is 2. The number of nitrogens with zero attached hydrogens (tertiary/aromatic N) is 1. The van der Waals surface area contributed by atoms with Gasteiger partial charge in [-0.25, -0.2) is 14.6 Å². The van der Waals surface area contributed by atoms with Gasteiger partial charge in [-0.1, -0.05) is 72.8 Å². The Morgan fingerprint density at radius 1 is 0.906 bits per heavy atom. The van der Waals surface area contributed by atoms with Crippen molar-refractivity contribution < 1.29 is 19.1 Å². The van der Waals surface area contributed by atoms with E-state index in [1.807, 2.05) is 66.7 Å². The number of pyridine rings is 1. The van der Waals surface area contributed by atoms with Crippen molar-refractivity contribution >= 4 is 22.8 Å². The third-order valence-electron chi connectivity index (χ3n) is 5.60. The van der Waals surface area contributed by atoms with Gasteiger partial charge >= 0.3 is 11.9 Å². The van der Waals surface area contributed by atoms with Crippen LogP contribution >= 0.6 is 0 Å². The number of carbonyl (C=O) groups is 2. The standard InChI is InChI=1S/C27H21NO4/c1-17-15-25(27(30)31-17)32-26(29)22-16-24(28-23-10-6-5-9-21(22)23)20-13-11-19(12-14-20)18-7-3-2-4-8-18/h2-14,16-17,25H,15H2,1H3/t17-,25-/m1/s1. The number of hydrogen-bond donors (Lipinski definition) is 0. The number of rotatable bonds is 4. The molecule has 0 aliphatic carbocycles. The highest BCUT2D eigenvalue weighted by Crippen LogP contribution is 2.29. The van der Waals surface area contributed by atoms with Crippen LogP contribution in [0.2, 0.25) is 0 Å².